The second kappa shape index (κ2) is 2.92. The lowest BCUT2D eigenvalue weighted by Gasteiger charge is -2.36. The molecule has 0 amide bonds. The van der Waals surface area contributed by atoms with Gasteiger partial charge >= 0.3 is 0 Å². The van der Waals surface area contributed by atoms with Crippen molar-refractivity contribution in [2.45, 2.75) is 38.5 Å². The van der Waals surface area contributed by atoms with Crippen LogP contribution in [0, 0.1) is 5.92 Å². The van der Waals surface area contributed by atoms with Crippen LogP contribution in [0.15, 0.2) is 0 Å². The van der Waals surface area contributed by atoms with Crippen LogP contribution < -0.4 is 5.32 Å². The van der Waals surface area contributed by atoms with Crippen molar-refractivity contribution in [2.24, 2.45) is 5.92 Å². The highest BCUT2D eigenvalue weighted by Gasteiger charge is 2.54. The van der Waals surface area contributed by atoms with E-state index in [0.29, 0.717) is 6.04 Å². The molecule has 3 heteroatoms. The van der Waals surface area contributed by atoms with E-state index in [-0.39, 0.29) is 12.0 Å². The third kappa shape index (κ3) is 1.29. The van der Waals surface area contributed by atoms with Crippen LogP contribution >= 0.6 is 0 Å². The predicted molar refractivity (Wildman–Crippen MR) is 51.5 cm³/mol. The Morgan fingerprint density at radius 3 is 2.69 bits per heavy atom. The summed E-state index contributed by atoms with van der Waals surface area (Å²) in [5.41, 5.74) is -0.977. The number of fused-ring (bicyclic) bond motifs is 2. The molecule has 3 unspecified atom stereocenters. The van der Waals surface area contributed by atoms with Gasteiger partial charge in [-0.1, -0.05) is 0 Å². The normalized spacial score (nSPS) is 45.9. The number of hydrogen-bond acceptors (Lipinski definition) is 2. The van der Waals surface area contributed by atoms with E-state index in [1.807, 2.05) is 0 Å². The van der Waals surface area contributed by atoms with E-state index in [2.05, 4.69) is 24.1 Å². The predicted octanol–water partition coefficient (Wildman–Crippen LogP) is 1.03. The Hall–Kier alpha value is -0.150. The average molecular weight is 186 g/mol. The third-order valence-electron chi connectivity index (χ3n) is 3.67. The molecule has 2 aliphatic heterocycles. The third-order valence-corrected chi connectivity index (χ3v) is 3.67. The highest BCUT2D eigenvalue weighted by atomic mass is 19.1. The van der Waals surface area contributed by atoms with Crippen LogP contribution in [-0.4, -0.2) is 42.3 Å². The van der Waals surface area contributed by atoms with Gasteiger partial charge in [0, 0.05) is 31.6 Å². The quantitative estimate of drug-likeness (QED) is 0.658. The fourth-order valence-electron chi connectivity index (χ4n) is 2.70. The number of rotatable bonds is 1. The summed E-state index contributed by atoms with van der Waals surface area (Å²) in [5, 5.41) is 3.31. The van der Waals surface area contributed by atoms with Gasteiger partial charge < -0.3 is 5.32 Å². The maximum Gasteiger partial charge on any atom is 0.130 e. The standard InChI is InChI=1S/C10H19FN2/c1-7(2)13-6-8-4-12-5-9(13)10(8,3)11/h7-9,12H,4-6H2,1-3H3. The van der Waals surface area contributed by atoms with Crippen LogP contribution in [0.25, 0.3) is 0 Å². The molecule has 0 aromatic carbocycles. The van der Waals surface area contributed by atoms with Crippen LogP contribution in [0.5, 0.6) is 0 Å². The largest absolute Gasteiger partial charge is 0.315 e. The summed E-state index contributed by atoms with van der Waals surface area (Å²) in [6.07, 6.45) is 0. The van der Waals surface area contributed by atoms with Crippen molar-refractivity contribution in [1.29, 1.82) is 0 Å². The van der Waals surface area contributed by atoms with Gasteiger partial charge in [-0.15, -0.1) is 0 Å². The number of likely N-dealkylation sites (tertiary alicyclic amines) is 1. The summed E-state index contributed by atoms with van der Waals surface area (Å²) in [6.45, 7) is 8.63. The fraction of sp³-hybridized carbons (Fsp3) is 1.00. The first-order chi connectivity index (χ1) is 6.03. The topological polar surface area (TPSA) is 15.3 Å². The maximum atomic E-state index is 14.2. The molecule has 0 aromatic rings. The molecule has 2 aliphatic rings. The molecule has 2 saturated heterocycles. The Morgan fingerprint density at radius 2 is 2.15 bits per heavy atom. The van der Waals surface area contributed by atoms with Crippen molar-refractivity contribution in [1.82, 2.24) is 10.2 Å². The monoisotopic (exact) mass is 186 g/mol. The van der Waals surface area contributed by atoms with Gasteiger partial charge in [0.1, 0.15) is 5.67 Å². The molecule has 1 N–H and O–H groups in total. The number of nitrogens with zero attached hydrogens (tertiary/aromatic N) is 1. The molecule has 2 rings (SSSR count). The van der Waals surface area contributed by atoms with Gasteiger partial charge in [-0.2, -0.15) is 0 Å². The van der Waals surface area contributed by atoms with E-state index in [1.54, 1.807) is 6.92 Å². The number of alkyl halides is 1. The molecule has 76 valence electrons. The van der Waals surface area contributed by atoms with Gasteiger partial charge in [-0.3, -0.25) is 4.90 Å². The van der Waals surface area contributed by atoms with Gasteiger partial charge in [-0.05, 0) is 20.8 Å². The van der Waals surface area contributed by atoms with Gasteiger partial charge in [0.15, 0.2) is 0 Å². The van der Waals surface area contributed by atoms with E-state index >= 15 is 0 Å². The molecule has 3 atom stereocenters. The van der Waals surface area contributed by atoms with Crippen molar-refractivity contribution >= 4 is 0 Å². The highest BCUT2D eigenvalue weighted by molar-refractivity contribution is 5.08. The van der Waals surface area contributed by atoms with E-state index in [4.69, 9.17) is 0 Å². The number of nitrogens with one attached hydrogen (secondary N) is 1. The Bertz CT molecular complexity index is 203. The van der Waals surface area contributed by atoms with Crippen molar-refractivity contribution in [2.75, 3.05) is 19.6 Å². The zero-order valence-electron chi connectivity index (χ0n) is 8.68. The molecule has 0 saturated carbocycles. The summed E-state index contributed by atoms with van der Waals surface area (Å²) in [5.74, 6) is 0.189. The van der Waals surface area contributed by atoms with Crippen LogP contribution in [0.2, 0.25) is 0 Å². The maximum absolute atomic E-state index is 14.2. The van der Waals surface area contributed by atoms with Crippen molar-refractivity contribution < 1.29 is 4.39 Å². The summed E-state index contributed by atoms with van der Waals surface area (Å²) in [6, 6.07) is 0.552. The van der Waals surface area contributed by atoms with Crippen molar-refractivity contribution in [3.63, 3.8) is 0 Å². The molecule has 2 heterocycles. The minimum absolute atomic E-state index is 0.0891. The zero-order valence-corrected chi connectivity index (χ0v) is 8.68. The lowest BCUT2D eigenvalue weighted by atomic mass is 9.86. The average Bonchev–Trinajstić information content (AvgIpc) is 2.21. The molecule has 0 aromatic heterocycles. The van der Waals surface area contributed by atoms with E-state index in [0.717, 1.165) is 19.6 Å². The Morgan fingerprint density at radius 1 is 1.46 bits per heavy atom. The molecule has 0 radical (unpaired) electrons. The first kappa shape index (κ1) is 9.41. The lowest BCUT2D eigenvalue weighted by molar-refractivity contribution is 0.0562. The van der Waals surface area contributed by atoms with Crippen LogP contribution in [0.4, 0.5) is 4.39 Å². The smallest absolute Gasteiger partial charge is 0.130 e. The Kier molecular flexibility index (Phi) is 2.11. The lowest BCUT2D eigenvalue weighted by Crippen LogP contribution is -2.54. The SMILES string of the molecule is CC(C)N1CC2CNCC1C2(C)F. The molecule has 2 fully saturated rings. The molecular formula is C10H19FN2. The summed E-state index contributed by atoms with van der Waals surface area (Å²) >= 11 is 0. The minimum atomic E-state index is -0.977. The Balaban J connectivity index is 2.21. The number of halogens is 1. The second-order valence-corrected chi connectivity index (χ2v) is 4.81. The van der Waals surface area contributed by atoms with Crippen LogP contribution in [0.1, 0.15) is 20.8 Å². The van der Waals surface area contributed by atoms with Gasteiger partial charge in [0.05, 0.1) is 6.04 Å². The second-order valence-electron chi connectivity index (χ2n) is 4.81. The molecule has 2 nitrogen and oxygen atoms in total. The van der Waals surface area contributed by atoms with Gasteiger partial charge in [0.25, 0.3) is 0 Å². The summed E-state index contributed by atoms with van der Waals surface area (Å²) < 4.78 is 14.2. The minimum Gasteiger partial charge on any atom is -0.315 e. The van der Waals surface area contributed by atoms with E-state index < -0.39 is 5.67 Å². The first-order valence-corrected chi connectivity index (χ1v) is 5.19. The van der Waals surface area contributed by atoms with Crippen LogP contribution in [-0.2, 0) is 0 Å². The number of piperidine rings is 1. The first-order valence-electron chi connectivity index (χ1n) is 5.19. The molecule has 2 bridgehead atoms. The highest BCUT2D eigenvalue weighted by Crippen LogP contribution is 2.39. The van der Waals surface area contributed by atoms with Crippen molar-refractivity contribution in [3.8, 4) is 0 Å². The summed E-state index contributed by atoms with van der Waals surface area (Å²) in [4.78, 5) is 2.30. The van der Waals surface area contributed by atoms with E-state index in [9.17, 15) is 4.39 Å². The molecular weight excluding hydrogens is 167 g/mol. The van der Waals surface area contributed by atoms with Gasteiger partial charge in [-0.25, -0.2) is 4.39 Å². The van der Waals surface area contributed by atoms with Crippen LogP contribution in [0.3, 0.4) is 0 Å². The van der Waals surface area contributed by atoms with Gasteiger partial charge in [0.2, 0.25) is 0 Å². The molecule has 0 spiro atoms. The zero-order chi connectivity index (χ0) is 9.64. The molecule has 13 heavy (non-hydrogen) atoms. The number of hydrogen-bond donors (Lipinski definition) is 1. The molecule has 0 aliphatic carbocycles. The summed E-state index contributed by atoms with van der Waals surface area (Å²) in [7, 11) is 0. The van der Waals surface area contributed by atoms with E-state index in [1.165, 1.54) is 0 Å². The van der Waals surface area contributed by atoms with Crippen molar-refractivity contribution in [3.05, 3.63) is 0 Å². The fourth-order valence-corrected chi connectivity index (χ4v) is 2.70. The Labute approximate surface area is 79.5 Å².